The summed E-state index contributed by atoms with van der Waals surface area (Å²) in [6, 6.07) is 7.14. The number of nitrogens with zero attached hydrogens (tertiary/aromatic N) is 2. The number of pyridine rings is 1. The molecule has 2 N–H and O–H groups in total. The Morgan fingerprint density at radius 1 is 1.26 bits per heavy atom. The van der Waals surface area contributed by atoms with Crippen molar-refractivity contribution in [1.29, 1.82) is 0 Å². The highest BCUT2D eigenvalue weighted by atomic mass is 16.5. The van der Waals surface area contributed by atoms with Crippen molar-refractivity contribution in [3.63, 3.8) is 0 Å². The van der Waals surface area contributed by atoms with E-state index in [2.05, 4.69) is 20.5 Å². The Morgan fingerprint density at radius 2 is 2.07 bits per heavy atom. The van der Waals surface area contributed by atoms with Crippen molar-refractivity contribution in [3.8, 4) is 5.88 Å². The molecule has 7 heteroatoms. The largest absolute Gasteiger partial charge is 0.473 e. The Hall–Kier alpha value is -2.54. The number of piperidine rings is 1. The molecule has 1 unspecified atom stereocenters. The van der Waals surface area contributed by atoms with Gasteiger partial charge in [0.25, 0.3) is 0 Å². The fourth-order valence-electron chi connectivity index (χ4n) is 3.28. The first kappa shape index (κ1) is 19.2. The molecule has 0 aliphatic carbocycles. The molecule has 1 atom stereocenters. The molecule has 1 saturated heterocycles. The number of carbonyl (C=O) groups excluding carboxylic acids is 1. The van der Waals surface area contributed by atoms with Crippen molar-refractivity contribution in [3.05, 3.63) is 42.5 Å². The van der Waals surface area contributed by atoms with Crippen LogP contribution in [0.5, 0.6) is 5.88 Å². The van der Waals surface area contributed by atoms with Gasteiger partial charge in [0.15, 0.2) is 0 Å². The fraction of sp³-hybridized carbons (Fsp3) is 0.500. The third kappa shape index (κ3) is 5.47. The molecule has 1 fully saturated rings. The molecule has 3 heterocycles. The summed E-state index contributed by atoms with van der Waals surface area (Å²) in [4.78, 5) is 19.0. The minimum atomic E-state index is -0.287. The van der Waals surface area contributed by atoms with Crippen molar-refractivity contribution in [2.45, 2.75) is 45.3 Å². The van der Waals surface area contributed by atoms with E-state index in [1.807, 2.05) is 26.0 Å². The quantitative estimate of drug-likeness (QED) is 0.772. The van der Waals surface area contributed by atoms with E-state index in [9.17, 15) is 4.79 Å². The lowest BCUT2D eigenvalue weighted by atomic mass is 10.1. The van der Waals surface area contributed by atoms with E-state index in [0.29, 0.717) is 18.1 Å². The summed E-state index contributed by atoms with van der Waals surface area (Å²) in [6.45, 7) is 6.35. The highest BCUT2D eigenvalue weighted by molar-refractivity contribution is 5.90. The maximum atomic E-state index is 12.5. The van der Waals surface area contributed by atoms with Gasteiger partial charge in [-0.2, -0.15) is 0 Å². The second-order valence-corrected chi connectivity index (χ2v) is 6.99. The van der Waals surface area contributed by atoms with Gasteiger partial charge in [0.2, 0.25) is 5.88 Å². The minimum absolute atomic E-state index is 0.0223. The molecule has 0 spiro atoms. The zero-order chi connectivity index (χ0) is 19.1. The number of rotatable bonds is 7. The SMILES string of the molecule is CC(C)Oc1ncccc1NC(=O)NCC(c1ccco1)N1CCCCC1. The number of urea groups is 1. The van der Waals surface area contributed by atoms with Crippen LogP contribution in [0.3, 0.4) is 0 Å². The molecule has 146 valence electrons. The molecule has 2 aromatic rings. The van der Waals surface area contributed by atoms with Crippen LogP contribution < -0.4 is 15.4 Å². The maximum Gasteiger partial charge on any atom is 0.319 e. The second-order valence-electron chi connectivity index (χ2n) is 6.99. The van der Waals surface area contributed by atoms with Crippen LogP contribution in [0.25, 0.3) is 0 Å². The fourth-order valence-corrected chi connectivity index (χ4v) is 3.28. The number of amides is 2. The van der Waals surface area contributed by atoms with E-state index in [1.54, 1.807) is 24.6 Å². The summed E-state index contributed by atoms with van der Waals surface area (Å²) >= 11 is 0. The number of ether oxygens (including phenoxy) is 1. The number of anilines is 1. The third-order valence-electron chi connectivity index (χ3n) is 4.53. The molecule has 1 aliphatic heterocycles. The molecule has 7 nitrogen and oxygen atoms in total. The van der Waals surface area contributed by atoms with Crippen LogP contribution in [0, 0.1) is 0 Å². The first-order valence-corrected chi connectivity index (χ1v) is 9.57. The van der Waals surface area contributed by atoms with Crippen LogP contribution in [0.2, 0.25) is 0 Å². The lowest BCUT2D eigenvalue weighted by Crippen LogP contribution is -2.41. The normalized spacial score (nSPS) is 16.1. The molecular weight excluding hydrogens is 344 g/mol. The monoisotopic (exact) mass is 372 g/mol. The molecule has 0 aromatic carbocycles. The molecule has 3 rings (SSSR count). The zero-order valence-corrected chi connectivity index (χ0v) is 16.0. The summed E-state index contributed by atoms with van der Waals surface area (Å²) in [5.41, 5.74) is 0.552. The first-order valence-electron chi connectivity index (χ1n) is 9.57. The van der Waals surface area contributed by atoms with Crippen LogP contribution in [-0.2, 0) is 0 Å². The number of carbonyl (C=O) groups is 1. The lowest BCUT2D eigenvalue weighted by molar-refractivity contribution is 0.144. The van der Waals surface area contributed by atoms with Gasteiger partial charge >= 0.3 is 6.03 Å². The van der Waals surface area contributed by atoms with Crippen molar-refractivity contribution < 1.29 is 13.9 Å². The summed E-state index contributed by atoms with van der Waals surface area (Å²) < 4.78 is 11.3. The Balaban J connectivity index is 1.61. The zero-order valence-electron chi connectivity index (χ0n) is 16.0. The summed E-state index contributed by atoms with van der Waals surface area (Å²) in [7, 11) is 0. The highest BCUT2D eigenvalue weighted by Gasteiger charge is 2.25. The van der Waals surface area contributed by atoms with Crippen LogP contribution in [0.4, 0.5) is 10.5 Å². The van der Waals surface area contributed by atoms with Gasteiger partial charge in [-0.25, -0.2) is 9.78 Å². The van der Waals surface area contributed by atoms with Gasteiger partial charge in [-0.1, -0.05) is 6.42 Å². The van der Waals surface area contributed by atoms with Crippen molar-refractivity contribution >= 4 is 11.7 Å². The van der Waals surface area contributed by atoms with E-state index >= 15 is 0 Å². The van der Waals surface area contributed by atoms with Crippen LogP contribution in [-0.4, -0.2) is 41.7 Å². The highest BCUT2D eigenvalue weighted by Crippen LogP contribution is 2.25. The predicted molar refractivity (Wildman–Crippen MR) is 104 cm³/mol. The lowest BCUT2D eigenvalue weighted by Gasteiger charge is -2.33. The molecule has 2 amide bonds. The van der Waals surface area contributed by atoms with Crippen LogP contribution in [0.15, 0.2) is 41.1 Å². The summed E-state index contributed by atoms with van der Waals surface area (Å²) in [5.74, 6) is 1.30. The Morgan fingerprint density at radius 3 is 2.78 bits per heavy atom. The van der Waals surface area contributed by atoms with E-state index in [0.717, 1.165) is 18.8 Å². The third-order valence-corrected chi connectivity index (χ3v) is 4.53. The average Bonchev–Trinajstić information content (AvgIpc) is 3.18. The van der Waals surface area contributed by atoms with Gasteiger partial charge in [0, 0.05) is 12.7 Å². The average molecular weight is 372 g/mol. The molecular formula is C20H28N4O3. The van der Waals surface area contributed by atoms with Gasteiger partial charge in [0.05, 0.1) is 18.4 Å². The summed E-state index contributed by atoms with van der Waals surface area (Å²) in [6.07, 6.45) is 6.91. The van der Waals surface area contributed by atoms with E-state index in [4.69, 9.17) is 9.15 Å². The standard InChI is InChI=1S/C20H28N4O3/c1-15(2)27-19-16(8-6-10-21-19)23-20(25)22-14-17(18-9-7-13-26-18)24-11-4-3-5-12-24/h6-10,13,15,17H,3-5,11-12,14H2,1-2H3,(H2,22,23,25). The topological polar surface area (TPSA) is 79.6 Å². The van der Waals surface area contributed by atoms with Gasteiger partial charge < -0.3 is 19.8 Å². The Kier molecular flexibility index (Phi) is 6.70. The van der Waals surface area contributed by atoms with Gasteiger partial charge in [-0.15, -0.1) is 0 Å². The van der Waals surface area contributed by atoms with Gasteiger partial charge in [-0.05, 0) is 64.0 Å². The van der Waals surface area contributed by atoms with Crippen LogP contribution >= 0.6 is 0 Å². The molecule has 0 saturated carbocycles. The van der Waals surface area contributed by atoms with Gasteiger partial charge in [-0.3, -0.25) is 4.90 Å². The molecule has 1 aliphatic rings. The number of furan rings is 1. The molecule has 2 aromatic heterocycles. The number of nitrogens with one attached hydrogen (secondary N) is 2. The van der Waals surface area contributed by atoms with E-state index in [1.165, 1.54) is 19.3 Å². The molecule has 0 bridgehead atoms. The second kappa shape index (κ2) is 9.41. The van der Waals surface area contributed by atoms with Crippen molar-refractivity contribution in [2.24, 2.45) is 0 Å². The summed E-state index contributed by atoms with van der Waals surface area (Å²) in [5, 5.41) is 5.80. The molecule has 0 radical (unpaired) electrons. The molecule has 27 heavy (non-hydrogen) atoms. The smallest absolute Gasteiger partial charge is 0.319 e. The predicted octanol–water partition coefficient (Wildman–Crippen LogP) is 3.81. The van der Waals surface area contributed by atoms with E-state index in [-0.39, 0.29) is 18.2 Å². The first-order chi connectivity index (χ1) is 13.1. The number of likely N-dealkylation sites (tertiary alicyclic amines) is 1. The number of hydrogen-bond acceptors (Lipinski definition) is 5. The minimum Gasteiger partial charge on any atom is -0.473 e. The Bertz CT molecular complexity index is 712. The van der Waals surface area contributed by atoms with Crippen molar-refractivity contribution in [1.82, 2.24) is 15.2 Å². The van der Waals surface area contributed by atoms with E-state index < -0.39 is 0 Å². The van der Waals surface area contributed by atoms with Crippen molar-refractivity contribution in [2.75, 3.05) is 25.0 Å². The Labute approximate surface area is 160 Å². The van der Waals surface area contributed by atoms with Gasteiger partial charge in [0.1, 0.15) is 11.4 Å². The number of hydrogen-bond donors (Lipinski definition) is 2. The number of aromatic nitrogens is 1. The van der Waals surface area contributed by atoms with Crippen LogP contribution in [0.1, 0.15) is 44.9 Å². The maximum absolute atomic E-state index is 12.5.